The van der Waals surface area contributed by atoms with Gasteiger partial charge in [0.05, 0.1) is 11.3 Å². The van der Waals surface area contributed by atoms with Crippen molar-refractivity contribution in [2.45, 2.75) is 105 Å². The second-order valence-electron chi connectivity index (χ2n) is 16.7. The summed E-state index contributed by atoms with van der Waals surface area (Å²) in [6, 6.07) is 9.39. The van der Waals surface area contributed by atoms with Crippen LogP contribution in [0.15, 0.2) is 30.5 Å². The molecule has 1 aromatic carbocycles. The lowest BCUT2D eigenvalue weighted by molar-refractivity contribution is -0.160. The van der Waals surface area contributed by atoms with Crippen LogP contribution in [0.2, 0.25) is 0 Å². The molecule has 5 aliphatic rings. The van der Waals surface area contributed by atoms with Gasteiger partial charge in [-0.2, -0.15) is 4.98 Å². The number of piperidine rings is 2. The smallest absolute Gasteiger partial charge is 0.337 e. The molecule has 3 aromatic rings. The molecular weight excluding hydrogens is 626 g/mol. The second-order valence-corrected chi connectivity index (χ2v) is 16.7. The molecule has 1 N–H and O–H groups in total. The first-order valence-corrected chi connectivity index (χ1v) is 18.6. The van der Waals surface area contributed by atoms with Crippen LogP contribution in [0, 0.1) is 19.3 Å². The highest BCUT2D eigenvalue weighted by molar-refractivity contribution is 5.88. The van der Waals surface area contributed by atoms with Crippen molar-refractivity contribution in [2.75, 3.05) is 60.5 Å². The van der Waals surface area contributed by atoms with Crippen molar-refractivity contribution >= 4 is 23.4 Å². The average molecular weight is 682 g/mol. The molecule has 1 atom stereocenters. The number of benzene rings is 1. The van der Waals surface area contributed by atoms with Crippen LogP contribution < -0.4 is 14.7 Å². The molecule has 2 aromatic heterocycles. The van der Waals surface area contributed by atoms with Gasteiger partial charge in [0.25, 0.3) is 0 Å². The van der Waals surface area contributed by atoms with Crippen molar-refractivity contribution in [3.05, 3.63) is 58.5 Å². The number of aryl methyl sites for hydroxylation is 2. The van der Waals surface area contributed by atoms with E-state index in [0.717, 1.165) is 92.8 Å². The maximum Gasteiger partial charge on any atom is 0.337 e. The molecule has 8 rings (SSSR count). The van der Waals surface area contributed by atoms with Crippen LogP contribution in [0.25, 0.3) is 11.1 Å². The summed E-state index contributed by atoms with van der Waals surface area (Å²) in [7, 11) is 0. The lowest BCUT2D eigenvalue weighted by atomic mass is 9.81. The number of hydrogen-bond donors (Lipinski definition) is 1. The van der Waals surface area contributed by atoms with E-state index in [0.29, 0.717) is 17.3 Å². The van der Waals surface area contributed by atoms with Gasteiger partial charge in [0.1, 0.15) is 5.82 Å². The molecule has 4 fully saturated rings. The fraction of sp³-hybridized carbons (Fsp3) is 0.600. The minimum Gasteiger partial charge on any atom is -0.479 e. The number of nitrogens with zero attached hydrogens (tertiary/aromatic N) is 7. The molecule has 0 amide bonds. The van der Waals surface area contributed by atoms with E-state index in [1.807, 2.05) is 33.9 Å². The lowest BCUT2D eigenvalue weighted by Gasteiger charge is -2.41. The molecule has 50 heavy (non-hydrogen) atoms. The van der Waals surface area contributed by atoms with Crippen LogP contribution >= 0.6 is 0 Å². The predicted octanol–water partition coefficient (Wildman–Crippen LogP) is 6.57. The number of carboxylic acid groups (broad SMARTS) is 1. The maximum absolute atomic E-state index is 12.9. The summed E-state index contributed by atoms with van der Waals surface area (Å²) >= 11 is 0. The van der Waals surface area contributed by atoms with Crippen molar-refractivity contribution < 1.29 is 14.6 Å². The van der Waals surface area contributed by atoms with Crippen LogP contribution in [0.4, 0.5) is 17.5 Å². The number of anilines is 3. The summed E-state index contributed by atoms with van der Waals surface area (Å²) in [5.74, 6) is 0.858. The van der Waals surface area contributed by atoms with Crippen LogP contribution in [0.5, 0.6) is 0 Å². The molecule has 10 heteroatoms. The number of aromatic nitrogens is 3. The van der Waals surface area contributed by atoms with Gasteiger partial charge in [0.15, 0.2) is 6.10 Å². The number of hydrogen-bond acceptors (Lipinski definition) is 9. The highest BCUT2D eigenvalue weighted by Crippen LogP contribution is 2.45. The highest BCUT2D eigenvalue weighted by Gasteiger charge is 2.37. The van der Waals surface area contributed by atoms with Gasteiger partial charge in [-0.1, -0.05) is 32.0 Å². The Morgan fingerprint density at radius 3 is 2.36 bits per heavy atom. The number of aliphatic carboxylic acids is 1. The Bertz CT molecular complexity index is 1730. The van der Waals surface area contributed by atoms with E-state index in [1.54, 1.807) is 0 Å². The molecule has 0 spiro atoms. The van der Waals surface area contributed by atoms with Gasteiger partial charge in [-0.15, -0.1) is 0 Å². The van der Waals surface area contributed by atoms with E-state index in [2.05, 4.69) is 64.6 Å². The van der Waals surface area contributed by atoms with E-state index in [4.69, 9.17) is 19.7 Å². The quantitative estimate of drug-likeness (QED) is 0.295. The van der Waals surface area contributed by atoms with E-state index in [1.165, 1.54) is 37.1 Å². The monoisotopic (exact) mass is 681 g/mol. The SMILES string of the molecule is Cc1nc(C)c(C(OC(C)(C)C)C(=O)O)c(N2CCC(C)(C)CC2)c1-c1ccc2c(c1)CCN(c1nccc(N3CCN4CCC3CC4)n1)C2. The Morgan fingerprint density at radius 1 is 0.920 bits per heavy atom. The molecule has 0 radical (unpaired) electrons. The number of fused-ring (bicyclic) bond motifs is 5. The molecule has 2 bridgehead atoms. The normalized spacial score (nSPS) is 22.7. The second kappa shape index (κ2) is 13.4. The van der Waals surface area contributed by atoms with Crippen molar-refractivity contribution in [2.24, 2.45) is 5.41 Å². The van der Waals surface area contributed by atoms with Gasteiger partial charge in [0.2, 0.25) is 5.95 Å². The number of carbonyl (C=O) groups is 1. The van der Waals surface area contributed by atoms with Crippen molar-refractivity contribution in [1.29, 1.82) is 0 Å². The third-order valence-corrected chi connectivity index (χ3v) is 11.3. The van der Waals surface area contributed by atoms with E-state index >= 15 is 0 Å². The first-order chi connectivity index (χ1) is 23.8. The van der Waals surface area contributed by atoms with Crippen LogP contribution in [0.3, 0.4) is 0 Å². The Morgan fingerprint density at radius 2 is 1.66 bits per heavy atom. The standard InChI is InChI=1S/C40H55N7O3/c1-26-33(35(45-20-14-40(6,7)15-21-45)34(27(2)42-26)36(37(48)49)50-39(3,4)5)29-8-9-30-25-46(19-11-28(30)24-29)38-41-16-10-32(43-38)47-23-22-44-17-12-31(47)13-18-44/h8-10,16,24,31,36H,11-15,17-23,25H2,1-7H3,(H,48,49). The molecule has 5 aliphatic heterocycles. The Kier molecular flexibility index (Phi) is 9.30. The highest BCUT2D eigenvalue weighted by atomic mass is 16.5. The Balaban J connectivity index is 1.22. The third-order valence-electron chi connectivity index (χ3n) is 11.3. The summed E-state index contributed by atoms with van der Waals surface area (Å²) in [5, 5.41) is 10.6. The molecule has 4 saturated heterocycles. The zero-order chi connectivity index (χ0) is 35.4. The fourth-order valence-electron chi connectivity index (χ4n) is 8.47. The maximum atomic E-state index is 12.9. The summed E-state index contributed by atoms with van der Waals surface area (Å²) < 4.78 is 6.29. The van der Waals surface area contributed by atoms with Gasteiger partial charge in [-0.3, -0.25) is 4.98 Å². The van der Waals surface area contributed by atoms with E-state index < -0.39 is 17.7 Å². The number of rotatable bonds is 7. The van der Waals surface area contributed by atoms with Crippen LogP contribution in [-0.4, -0.2) is 88.4 Å². The summed E-state index contributed by atoms with van der Waals surface area (Å²) in [6.45, 7) is 22.2. The molecule has 1 unspecified atom stereocenters. The largest absolute Gasteiger partial charge is 0.479 e. The van der Waals surface area contributed by atoms with E-state index in [9.17, 15) is 9.90 Å². The molecule has 0 aliphatic carbocycles. The number of carboxylic acids is 1. The lowest BCUT2D eigenvalue weighted by Crippen LogP contribution is -2.39. The van der Waals surface area contributed by atoms with E-state index in [-0.39, 0.29) is 5.41 Å². The Labute approximate surface area is 297 Å². The van der Waals surface area contributed by atoms with Crippen molar-refractivity contribution in [3.8, 4) is 11.1 Å². The number of pyridine rings is 1. The first kappa shape index (κ1) is 34.7. The van der Waals surface area contributed by atoms with Crippen LogP contribution in [-0.2, 0) is 22.5 Å². The minimum atomic E-state index is -1.13. The summed E-state index contributed by atoms with van der Waals surface area (Å²) in [4.78, 5) is 37.6. The average Bonchev–Trinajstić information content (AvgIpc) is 3.41. The van der Waals surface area contributed by atoms with Gasteiger partial charge in [-0.25, -0.2) is 9.78 Å². The minimum absolute atomic E-state index is 0.244. The van der Waals surface area contributed by atoms with Gasteiger partial charge >= 0.3 is 5.97 Å². The van der Waals surface area contributed by atoms with Crippen molar-refractivity contribution in [1.82, 2.24) is 19.9 Å². The molecule has 10 nitrogen and oxygen atoms in total. The third kappa shape index (κ3) is 7.06. The van der Waals surface area contributed by atoms with Gasteiger partial charge in [-0.05, 0) is 94.9 Å². The molecule has 7 heterocycles. The Hall–Kier alpha value is -3.76. The fourth-order valence-corrected chi connectivity index (χ4v) is 8.47. The van der Waals surface area contributed by atoms with Gasteiger partial charge < -0.3 is 29.4 Å². The molecule has 0 saturated carbocycles. The topological polar surface area (TPSA) is 98.2 Å². The van der Waals surface area contributed by atoms with Crippen LogP contribution in [0.1, 0.15) is 94.5 Å². The van der Waals surface area contributed by atoms with Gasteiger partial charge in [0, 0.05) is 87.1 Å². The number of ether oxygens (including phenoxy) is 1. The summed E-state index contributed by atoms with van der Waals surface area (Å²) in [6.07, 6.45) is 6.14. The predicted molar refractivity (Wildman–Crippen MR) is 199 cm³/mol. The van der Waals surface area contributed by atoms with Crippen molar-refractivity contribution in [3.63, 3.8) is 0 Å². The molecule has 268 valence electrons. The first-order valence-electron chi connectivity index (χ1n) is 18.6. The summed E-state index contributed by atoms with van der Waals surface area (Å²) in [5.41, 5.74) is 7.52. The zero-order valence-corrected chi connectivity index (χ0v) is 31.1. The molecular formula is C40H55N7O3. The zero-order valence-electron chi connectivity index (χ0n) is 31.1.